The summed E-state index contributed by atoms with van der Waals surface area (Å²) in [5.74, 6) is 0.909. The monoisotopic (exact) mass is 186 g/mol. The van der Waals surface area contributed by atoms with Gasteiger partial charge >= 0.3 is 0 Å². The van der Waals surface area contributed by atoms with Gasteiger partial charge in [-0.2, -0.15) is 0 Å². The van der Waals surface area contributed by atoms with Crippen molar-refractivity contribution < 1.29 is 9.52 Å². The van der Waals surface area contributed by atoms with E-state index in [0.29, 0.717) is 0 Å². The number of aryl methyl sites for hydroxylation is 1. The van der Waals surface area contributed by atoms with Crippen LogP contribution in [0.25, 0.3) is 0 Å². The first-order valence-corrected chi connectivity index (χ1v) is 4.71. The predicted molar refractivity (Wildman–Crippen MR) is 50.5 cm³/mol. The molecule has 0 aromatic carbocycles. The van der Waals surface area contributed by atoms with Gasteiger partial charge in [0.15, 0.2) is 5.09 Å². The Kier molecular flexibility index (Phi) is 2.85. The van der Waals surface area contributed by atoms with Crippen LogP contribution in [-0.4, -0.2) is 16.5 Å². The van der Waals surface area contributed by atoms with Gasteiger partial charge in [0.2, 0.25) is 0 Å². The molecule has 0 unspecified atom stereocenters. The maximum absolute atomic E-state index is 9.00. The average molecular weight is 186 g/mol. The molecule has 0 fully saturated rings. The van der Waals surface area contributed by atoms with Crippen LogP contribution in [0.5, 0.6) is 0 Å². The molecule has 1 aromatic heterocycles. The second-order valence-corrected chi connectivity index (χ2v) is 5.10. The van der Waals surface area contributed by atoms with Crippen LogP contribution in [0.2, 0.25) is 0 Å². The Morgan fingerprint density at radius 3 is 2.58 bits per heavy atom. The lowest BCUT2D eigenvalue weighted by Gasteiger charge is -2.18. The van der Waals surface area contributed by atoms with E-state index in [1.165, 1.54) is 0 Å². The van der Waals surface area contributed by atoms with Crippen molar-refractivity contribution in [1.29, 1.82) is 0 Å². The summed E-state index contributed by atoms with van der Waals surface area (Å²) in [6.07, 6.45) is 0. The zero-order valence-electron chi connectivity index (χ0n) is 7.63. The molecule has 0 amide bonds. The normalized spacial score (nSPS) is 12.0. The van der Waals surface area contributed by atoms with Crippen molar-refractivity contribution in [3.63, 3.8) is 0 Å². The summed E-state index contributed by atoms with van der Waals surface area (Å²) < 4.78 is 5.21. The van der Waals surface area contributed by atoms with Crippen LogP contribution in [0.15, 0.2) is 21.6 Å². The molecule has 3 heteroatoms. The summed E-state index contributed by atoms with van der Waals surface area (Å²) in [6, 6.07) is 3.85. The van der Waals surface area contributed by atoms with Crippen molar-refractivity contribution in [3.8, 4) is 0 Å². The fourth-order valence-corrected chi connectivity index (χ4v) is 1.69. The van der Waals surface area contributed by atoms with Gasteiger partial charge in [0.05, 0.1) is 6.61 Å². The van der Waals surface area contributed by atoms with E-state index >= 15 is 0 Å². The molecule has 0 bridgehead atoms. The van der Waals surface area contributed by atoms with Crippen molar-refractivity contribution in [2.24, 2.45) is 0 Å². The highest BCUT2D eigenvalue weighted by Gasteiger charge is 2.19. The Labute approximate surface area is 77.0 Å². The van der Waals surface area contributed by atoms with Crippen LogP contribution < -0.4 is 0 Å². The lowest BCUT2D eigenvalue weighted by molar-refractivity contribution is 0.264. The molecule has 1 heterocycles. The predicted octanol–water partition coefficient (Wildman–Crippen LogP) is 2.45. The fourth-order valence-electron chi connectivity index (χ4n) is 0.772. The summed E-state index contributed by atoms with van der Waals surface area (Å²) in [6.45, 7) is 6.03. The van der Waals surface area contributed by atoms with Gasteiger partial charge in [0.1, 0.15) is 5.76 Å². The molecule has 0 aliphatic rings. The molecule has 0 aliphatic heterocycles. The molecule has 0 spiro atoms. The first-order chi connectivity index (χ1) is 5.53. The van der Waals surface area contributed by atoms with Crippen LogP contribution >= 0.6 is 11.8 Å². The average Bonchev–Trinajstić information content (AvgIpc) is 2.35. The number of furan rings is 1. The van der Waals surface area contributed by atoms with E-state index in [2.05, 4.69) is 0 Å². The number of aliphatic hydroxyl groups is 1. The quantitative estimate of drug-likeness (QED) is 0.736. The van der Waals surface area contributed by atoms with Crippen molar-refractivity contribution in [1.82, 2.24) is 0 Å². The van der Waals surface area contributed by atoms with Gasteiger partial charge in [0, 0.05) is 4.75 Å². The molecule has 0 radical (unpaired) electrons. The van der Waals surface area contributed by atoms with Crippen molar-refractivity contribution >= 4 is 11.8 Å². The Morgan fingerprint density at radius 2 is 2.17 bits per heavy atom. The maximum Gasteiger partial charge on any atom is 0.161 e. The Bertz CT molecular complexity index is 253. The molecular formula is C9H14O2S. The summed E-state index contributed by atoms with van der Waals surface area (Å²) >= 11 is 1.55. The third-order valence-electron chi connectivity index (χ3n) is 1.47. The smallest absolute Gasteiger partial charge is 0.161 e. The topological polar surface area (TPSA) is 33.4 Å². The van der Waals surface area contributed by atoms with Gasteiger partial charge < -0.3 is 9.52 Å². The number of hydrogen-bond acceptors (Lipinski definition) is 3. The second kappa shape index (κ2) is 3.54. The van der Waals surface area contributed by atoms with E-state index in [9.17, 15) is 0 Å². The third kappa shape index (κ3) is 2.57. The zero-order valence-corrected chi connectivity index (χ0v) is 8.44. The molecule has 68 valence electrons. The SMILES string of the molecule is Cc1ccc(SC(C)(C)CO)o1. The van der Waals surface area contributed by atoms with E-state index in [1.54, 1.807) is 11.8 Å². The van der Waals surface area contributed by atoms with Crippen molar-refractivity contribution in [2.75, 3.05) is 6.61 Å². The summed E-state index contributed by atoms with van der Waals surface area (Å²) in [5, 5.41) is 9.87. The Morgan fingerprint density at radius 1 is 1.50 bits per heavy atom. The lowest BCUT2D eigenvalue weighted by Crippen LogP contribution is -2.19. The minimum absolute atomic E-state index is 0.150. The van der Waals surface area contributed by atoms with Crippen molar-refractivity contribution in [3.05, 3.63) is 17.9 Å². The largest absolute Gasteiger partial charge is 0.455 e. The summed E-state index contributed by atoms with van der Waals surface area (Å²) in [4.78, 5) is 0. The minimum Gasteiger partial charge on any atom is -0.455 e. The third-order valence-corrected chi connectivity index (χ3v) is 2.58. The highest BCUT2D eigenvalue weighted by Crippen LogP contribution is 2.32. The molecule has 1 rings (SSSR count). The van der Waals surface area contributed by atoms with E-state index in [0.717, 1.165) is 10.9 Å². The summed E-state index contributed by atoms with van der Waals surface area (Å²) in [7, 11) is 0. The molecule has 2 nitrogen and oxygen atoms in total. The lowest BCUT2D eigenvalue weighted by atomic mass is 10.2. The van der Waals surface area contributed by atoms with Gasteiger partial charge in [-0.05, 0) is 32.9 Å². The zero-order chi connectivity index (χ0) is 9.19. The van der Waals surface area contributed by atoms with Gasteiger partial charge in [-0.25, -0.2) is 0 Å². The molecule has 0 saturated carbocycles. The number of rotatable bonds is 3. The highest BCUT2D eigenvalue weighted by atomic mass is 32.2. The molecular weight excluding hydrogens is 172 g/mol. The van der Waals surface area contributed by atoms with Gasteiger partial charge in [-0.1, -0.05) is 11.8 Å². The Hall–Kier alpha value is -0.410. The van der Waals surface area contributed by atoms with Crippen LogP contribution in [-0.2, 0) is 0 Å². The van der Waals surface area contributed by atoms with Crippen LogP contribution in [0.1, 0.15) is 19.6 Å². The molecule has 0 aliphatic carbocycles. The Balaban J connectivity index is 2.63. The maximum atomic E-state index is 9.00. The van der Waals surface area contributed by atoms with E-state index < -0.39 is 0 Å². The standard InChI is InChI=1S/C9H14O2S/c1-7-4-5-8(11-7)12-9(2,3)6-10/h4-5,10H,6H2,1-3H3. The van der Waals surface area contributed by atoms with Crippen LogP contribution in [0, 0.1) is 6.92 Å². The molecule has 12 heavy (non-hydrogen) atoms. The van der Waals surface area contributed by atoms with E-state index in [4.69, 9.17) is 9.52 Å². The number of thioether (sulfide) groups is 1. The van der Waals surface area contributed by atoms with Gasteiger partial charge in [-0.15, -0.1) is 0 Å². The van der Waals surface area contributed by atoms with Gasteiger partial charge in [0.25, 0.3) is 0 Å². The van der Waals surface area contributed by atoms with Crippen molar-refractivity contribution in [2.45, 2.75) is 30.6 Å². The number of hydrogen-bond donors (Lipinski definition) is 1. The van der Waals surface area contributed by atoms with E-state index in [-0.39, 0.29) is 11.4 Å². The molecule has 1 aromatic rings. The van der Waals surface area contributed by atoms with Gasteiger partial charge in [-0.3, -0.25) is 0 Å². The molecule has 1 N–H and O–H groups in total. The molecule has 0 atom stereocenters. The first kappa shape index (κ1) is 9.68. The van der Waals surface area contributed by atoms with Crippen LogP contribution in [0.3, 0.4) is 0 Å². The second-order valence-electron chi connectivity index (χ2n) is 3.38. The van der Waals surface area contributed by atoms with Crippen LogP contribution in [0.4, 0.5) is 0 Å². The number of aliphatic hydroxyl groups excluding tert-OH is 1. The first-order valence-electron chi connectivity index (χ1n) is 3.90. The van der Waals surface area contributed by atoms with E-state index in [1.807, 2.05) is 32.9 Å². The fraction of sp³-hybridized carbons (Fsp3) is 0.556. The summed E-state index contributed by atoms with van der Waals surface area (Å²) in [5.41, 5.74) is 0. The highest BCUT2D eigenvalue weighted by molar-refractivity contribution is 8.00. The molecule has 0 saturated heterocycles. The minimum atomic E-state index is -0.162.